The van der Waals surface area contributed by atoms with Gasteiger partial charge in [-0.15, -0.1) is 12.4 Å². The normalized spacial score (nSPS) is 17.3. The number of nitrogens with zero attached hydrogens (tertiary/aromatic N) is 1. The molecule has 1 fully saturated rings. The summed E-state index contributed by atoms with van der Waals surface area (Å²) in [5.41, 5.74) is 6.77. The molecule has 0 atom stereocenters. The SMILES string of the molecule is Cl.NC1CCN(c2cccc(F)c2)CC1. The van der Waals surface area contributed by atoms with Crippen molar-refractivity contribution in [3.8, 4) is 0 Å². The Bertz CT molecular complexity index is 311. The Balaban J connectivity index is 0.00000112. The molecule has 0 aliphatic carbocycles. The van der Waals surface area contributed by atoms with Crippen LogP contribution < -0.4 is 10.6 Å². The van der Waals surface area contributed by atoms with Crippen molar-refractivity contribution in [2.75, 3.05) is 18.0 Å². The van der Waals surface area contributed by atoms with Crippen molar-refractivity contribution in [2.24, 2.45) is 5.73 Å². The number of anilines is 1. The molecule has 4 heteroatoms. The van der Waals surface area contributed by atoms with Crippen molar-refractivity contribution < 1.29 is 4.39 Å². The highest BCUT2D eigenvalue weighted by Crippen LogP contribution is 2.19. The highest BCUT2D eigenvalue weighted by molar-refractivity contribution is 5.85. The second kappa shape index (κ2) is 5.33. The highest BCUT2D eigenvalue weighted by Gasteiger charge is 2.16. The van der Waals surface area contributed by atoms with Gasteiger partial charge >= 0.3 is 0 Å². The summed E-state index contributed by atoms with van der Waals surface area (Å²) in [5, 5.41) is 0. The number of hydrogen-bond acceptors (Lipinski definition) is 2. The van der Waals surface area contributed by atoms with E-state index in [4.69, 9.17) is 5.73 Å². The van der Waals surface area contributed by atoms with Crippen LogP contribution in [-0.4, -0.2) is 19.1 Å². The van der Waals surface area contributed by atoms with E-state index in [0.29, 0.717) is 6.04 Å². The van der Waals surface area contributed by atoms with Crippen LogP contribution in [0.4, 0.5) is 10.1 Å². The van der Waals surface area contributed by atoms with Gasteiger partial charge in [0.1, 0.15) is 5.82 Å². The first-order valence-corrected chi connectivity index (χ1v) is 5.02. The molecule has 0 spiro atoms. The topological polar surface area (TPSA) is 29.3 Å². The van der Waals surface area contributed by atoms with Crippen LogP contribution in [0.1, 0.15) is 12.8 Å². The maximum atomic E-state index is 12.9. The molecular formula is C11H16ClFN2. The fourth-order valence-corrected chi connectivity index (χ4v) is 1.83. The van der Waals surface area contributed by atoms with E-state index in [1.807, 2.05) is 6.07 Å². The Morgan fingerprint density at radius 3 is 2.53 bits per heavy atom. The van der Waals surface area contributed by atoms with E-state index in [1.165, 1.54) is 6.07 Å². The first kappa shape index (κ1) is 12.3. The molecule has 15 heavy (non-hydrogen) atoms. The van der Waals surface area contributed by atoms with E-state index in [9.17, 15) is 4.39 Å². The number of halogens is 2. The molecule has 1 aliphatic heterocycles. The van der Waals surface area contributed by atoms with Crippen LogP contribution in [0.15, 0.2) is 24.3 Å². The first-order valence-electron chi connectivity index (χ1n) is 5.02. The van der Waals surface area contributed by atoms with Crippen LogP contribution in [0.25, 0.3) is 0 Å². The lowest BCUT2D eigenvalue weighted by molar-refractivity contribution is 0.500. The minimum Gasteiger partial charge on any atom is -0.371 e. The molecule has 0 bridgehead atoms. The molecule has 2 rings (SSSR count). The van der Waals surface area contributed by atoms with Crippen molar-refractivity contribution >= 4 is 18.1 Å². The summed E-state index contributed by atoms with van der Waals surface area (Å²) in [6.45, 7) is 1.87. The highest BCUT2D eigenvalue weighted by atomic mass is 35.5. The molecule has 1 heterocycles. The van der Waals surface area contributed by atoms with Gasteiger partial charge in [0, 0.05) is 24.8 Å². The maximum Gasteiger partial charge on any atom is 0.125 e. The molecule has 1 saturated heterocycles. The zero-order chi connectivity index (χ0) is 9.97. The molecule has 2 nitrogen and oxygen atoms in total. The van der Waals surface area contributed by atoms with Gasteiger partial charge in [0.05, 0.1) is 0 Å². The van der Waals surface area contributed by atoms with Crippen LogP contribution >= 0.6 is 12.4 Å². The molecule has 0 aromatic heterocycles. The van der Waals surface area contributed by atoms with Gasteiger partial charge in [-0.25, -0.2) is 4.39 Å². The van der Waals surface area contributed by atoms with Crippen LogP contribution in [0.5, 0.6) is 0 Å². The van der Waals surface area contributed by atoms with Crippen molar-refractivity contribution in [3.05, 3.63) is 30.1 Å². The summed E-state index contributed by atoms with van der Waals surface area (Å²) < 4.78 is 12.9. The number of hydrogen-bond donors (Lipinski definition) is 1. The molecule has 1 aromatic rings. The zero-order valence-corrected chi connectivity index (χ0v) is 9.34. The second-order valence-electron chi connectivity index (χ2n) is 3.80. The molecule has 0 unspecified atom stereocenters. The molecule has 84 valence electrons. The lowest BCUT2D eigenvalue weighted by Gasteiger charge is -2.31. The fourth-order valence-electron chi connectivity index (χ4n) is 1.83. The quantitative estimate of drug-likeness (QED) is 0.801. The molecule has 2 N–H and O–H groups in total. The molecule has 1 aliphatic rings. The lowest BCUT2D eigenvalue weighted by atomic mass is 10.1. The molecule has 0 amide bonds. The third-order valence-electron chi connectivity index (χ3n) is 2.71. The predicted octanol–water partition coefficient (Wildman–Crippen LogP) is 2.17. The van der Waals surface area contributed by atoms with Gasteiger partial charge in [-0.3, -0.25) is 0 Å². The predicted molar refractivity (Wildman–Crippen MR) is 63.1 cm³/mol. The van der Waals surface area contributed by atoms with Crippen molar-refractivity contribution in [1.82, 2.24) is 0 Å². The number of piperidine rings is 1. The first-order chi connectivity index (χ1) is 6.75. The standard InChI is InChI=1S/C11H15FN2.ClH/c12-9-2-1-3-11(8-9)14-6-4-10(13)5-7-14;/h1-3,8,10H,4-7,13H2;1H. The van der Waals surface area contributed by atoms with Crippen molar-refractivity contribution in [2.45, 2.75) is 18.9 Å². The van der Waals surface area contributed by atoms with Gasteiger partial charge in [-0.05, 0) is 31.0 Å². The van der Waals surface area contributed by atoms with E-state index in [0.717, 1.165) is 31.6 Å². The van der Waals surface area contributed by atoms with Crippen molar-refractivity contribution in [1.29, 1.82) is 0 Å². The summed E-state index contributed by atoms with van der Waals surface area (Å²) in [4.78, 5) is 2.19. The third-order valence-corrected chi connectivity index (χ3v) is 2.71. The van der Waals surface area contributed by atoms with E-state index in [2.05, 4.69) is 4.90 Å². The van der Waals surface area contributed by atoms with E-state index in [-0.39, 0.29) is 18.2 Å². The van der Waals surface area contributed by atoms with Gasteiger partial charge in [0.15, 0.2) is 0 Å². The van der Waals surface area contributed by atoms with Gasteiger partial charge in [-0.1, -0.05) is 6.07 Å². The van der Waals surface area contributed by atoms with Gasteiger partial charge in [0.25, 0.3) is 0 Å². The van der Waals surface area contributed by atoms with E-state index < -0.39 is 0 Å². The minimum atomic E-state index is -0.169. The fraction of sp³-hybridized carbons (Fsp3) is 0.455. The molecule has 0 saturated carbocycles. The van der Waals surface area contributed by atoms with E-state index >= 15 is 0 Å². The summed E-state index contributed by atoms with van der Waals surface area (Å²) in [6.07, 6.45) is 1.99. The van der Waals surface area contributed by atoms with Crippen LogP contribution in [-0.2, 0) is 0 Å². The Kier molecular flexibility index (Phi) is 4.36. The molecule has 1 aromatic carbocycles. The van der Waals surface area contributed by atoms with Gasteiger partial charge in [0.2, 0.25) is 0 Å². The average Bonchev–Trinajstić information content (AvgIpc) is 2.19. The monoisotopic (exact) mass is 230 g/mol. The number of benzene rings is 1. The Morgan fingerprint density at radius 1 is 1.27 bits per heavy atom. The summed E-state index contributed by atoms with van der Waals surface area (Å²) >= 11 is 0. The Morgan fingerprint density at radius 2 is 1.93 bits per heavy atom. The zero-order valence-electron chi connectivity index (χ0n) is 8.53. The smallest absolute Gasteiger partial charge is 0.125 e. The largest absolute Gasteiger partial charge is 0.371 e. The lowest BCUT2D eigenvalue weighted by Crippen LogP contribution is -2.39. The summed E-state index contributed by atoms with van der Waals surface area (Å²) in [7, 11) is 0. The van der Waals surface area contributed by atoms with Gasteiger partial charge in [-0.2, -0.15) is 0 Å². The summed E-state index contributed by atoms with van der Waals surface area (Å²) in [6, 6.07) is 7.06. The van der Waals surface area contributed by atoms with Crippen LogP contribution in [0.2, 0.25) is 0 Å². The number of nitrogens with two attached hydrogens (primary N) is 1. The Labute approximate surface area is 95.7 Å². The van der Waals surface area contributed by atoms with Gasteiger partial charge < -0.3 is 10.6 Å². The maximum absolute atomic E-state index is 12.9. The molecule has 0 radical (unpaired) electrons. The second-order valence-corrected chi connectivity index (χ2v) is 3.80. The number of rotatable bonds is 1. The van der Waals surface area contributed by atoms with Crippen molar-refractivity contribution in [3.63, 3.8) is 0 Å². The average molecular weight is 231 g/mol. The van der Waals surface area contributed by atoms with Crippen LogP contribution in [0, 0.1) is 5.82 Å². The Hall–Kier alpha value is -0.800. The minimum absolute atomic E-state index is 0. The molecular weight excluding hydrogens is 215 g/mol. The third kappa shape index (κ3) is 3.08. The van der Waals surface area contributed by atoms with Crippen LogP contribution in [0.3, 0.4) is 0 Å². The van der Waals surface area contributed by atoms with E-state index in [1.54, 1.807) is 12.1 Å². The summed E-state index contributed by atoms with van der Waals surface area (Å²) in [5.74, 6) is -0.169.